The molecule has 1 N–H and O–H groups in total. The molecular formula is C18H15F2N5O2S. The zero-order valence-corrected chi connectivity index (χ0v) is 15.6. The number of aryl methyl sites for hydroxylation is 2. The molecule has 0 unspecified atom stereocenters. The van der Waals surface area contributed by atoms with E-state index in [0.717, 1.165) is 17.6 Å². The maximum Gasteiger partial charge on any atom is 0.272 e. The SMILES string of the molecule is Cn1c(=O)c2sccc2n2c(CCCC(=O)Nc3ccc(F)c(F)c3)nnc12. The van der Waals surface area contributed by atoms with Gasteiger partial charge in [-0.25, -0.2) is 8.78 Å². The second kappa shape index (κ2) is 7.12. The first kappa shape index (κ1) is 18.2. The van der Waals surface area contributed by atoms with Gasteiger partial charge in [-0.3, -0.25) is 18.6 Å². The number of carbonyl (C=O) groups excluding carboxylic acids is 1. The van der Waals surface area contributed by atoms with Gasteiger partial charge in [0.05, 0.1) is 5.52 Å². The molecule has 0 atom stereocenters. The summed E-state index contributed by atoms with van der Waals surface area (Å²) >= 11 is 1.36. The third kappa shape index (κ3) is 3.15. The second-order valence-electron chi connectivity index (χ2n) is 6.28. The van der Waals surface area contributed by atoms with Gasteiger partial charge in [-0.2, -0.15) is 0 Å². The first-order valence-corrected chi connectivity index (χ1v) is 9.39. The molecule has 0 aliphatic carbocycles. The Bertz CT molecular complexity index is 1260. The van der Waals surface area contributed by atoms with Crippen molar-refractivity contribution in [1.82, 2.24) is 19.2 Å². The molecule has 0 aliphatic heterocycles. The van der Waals surface area contributed by atoms with Gasteiger partial charge in [-0.1, -0.05) is 0 Å². The Morgan fingerprint density at radius 1 is 1.21 bits per heavy atom. The van der Waals surface area contributed by atoms with Gasteiger partial charge in [-0.05, 0) is 30.0 Å². The summed E-state index contributed by atoms with van der Waals surface area (Å²) in [4.78, 5) is 24.4. The zero-order chi connectivity index (χ0) is 19.8. The lowest BCUT2D eigenvalue weighted by atomic mass is 10.2. The van der Waals surface area contributed by atoms with Crippen LogP contribution in [0.25, 0.3) is 16.0 Å². The van der Waals surface area contributed by atoms with Crippen molar-refractivity contribution in [3.8, 4) is 0 Å². The number of aromatic nitrogens is 4. The lowest BCUT2D eigenvalue weighted by molar-refractivity contribution is -0.116. The van der Waals surface area contributed by atoms with Gasteiger partial charge in [0.25, 0.3) is 5.56 Å². The van der Waals surface area contributed by atoms with Crippen molar-refractivity contribution in [3.05, 3.63) is 57.5 Å². The van der Waals surface area contributed by atoms with Gasteiger partial charge in [-0.15, -0.1) is 21.5 Å². The number of hydrogen-bond acceptors (Lipinski definition) is 5. The Morgan fingerprint density at radius 3 is 2.82 bits per heavy atom. The number of carbonyl (C=O) groups is 1. The molecule has 0 saturated carbocycles. The Labute approximate surface area is 161 Å². The summed E-state index contributed by atoms with van der Waals surface area (Å²) in [6, 6.07) is 5.05. The van der Waals surface area contributed by atoms with Gasteiger partial charge >= 0.3 is 0 Å². The van der Waals surface area contributed by atoms with Crippen LogP contribution >= 0.6 is 11.3 Å². The first-order valence-electron chi connectivity index (χ1n) is 8.51. The van der Waals surface area contributed by atoms with Crippen LogP contribution < -0.4 is 10.9 Å². The minimum Gasteiger partial charge on any atom is -0.326 e. The minimum absolute atomic E-state index is 0.123. The number of hydrogen-bond donors (Lipinski definition) is 1. The van der Waals surface area contributed by atoms with Gasteiger partial charge < -0.3 is 5.32 Å². The largest absolute Gasteiger partial charge is 0.326 e. The molecule has 3 aromatic heterocycles. The van der Waals surface area contributed by atoms with Crippen molar-refractivity contribution in [2.45, 2.75) is 19.3 Å². The summed E-state index contributed by atoms with van der Waals surface area (Å²) in [5.74, 6) is -1.20. The number of anilines is 1. The van der Waals surface area contributed by atoms with Crippen LogP contribution in [0.15, 0.2) is 34.4 Å². The molecule has 0 spiro atoms. The first-order chi connectivity index (χ1) is 13.5. The number of thiophene rings is 1. The van der Waals surface area contributed by atoms with E-state index in [0.29, 0.717) is 29.1 Å². The summed E-state index contributed by atoms with van der Waals surface area (Å²) in [6.45, 7) is 0. The maximum absolute atomic E-state index is 13.2. The van der Waals surface area contributed by atoms with Crippen molar-refractivity contribution < 1.29 is 13.6 Å². The van der Waals surface area contributed by atoms with E-state index in [9.17, 15) is 18.4 Å². The predicted octanol–water partition coefficient (Wildman–Crippen LogP) is 2.88. The molecule has 3 heterocycles. The van der Waals surface area contributed by atoms with Crippen LogP contribution in [-0.4, -0.2) is 25.1 Å². The average molecular weight is 403 g/mol. The molecular weight excluding hydrogens is 388 g/mol. The predicted molar refractivity (Wildman–Crippen MR) is 102 cm³/mol. The summed E-state index contributed by atoms with van der Waals surface area (Å²) in [7, 11) is 1.64. The highest BCUT2D eigenvalue weighted by molar-refractivity contribution is 7.17. The molecule has 0 bridgehead atoms. The van der Waals surface area contributed by atoms with E-state index < -0.39 is 11.6 Å². The Hall–Kier alpha value is -3.14. The number of nitrogens with one attached hydrogen (secondary N) is 1. The monoisotopic (exact) mass is 403 g/mol. The number of rotatable bonds is 5. The molecule has 1 amide bonds. The van der Waals surface area contributed by atoms with Crippen LogP contribution in [0.4, 0.5) is 14.5 Å². The van der Waals surface area contributed by atoms with Crippen LogP contribution in [-0.2, 0) is 18.3 Å². The van der Waals surface area contributed by atoms with E-state index in [2.05, 4.69) is 15.5 Å². The van der Waals surface area contributed by atoms with E-state index in [4.69, 9.17) is 0 Å². The molecule has 0 saturated heterocycles. The van der Waals surface area contributed by atoms with Crippen LogP contribution in [0.2, 0.25) is 0 Å². The van der Waals surface area contributed by atoms with Crippen LogP contribution in [0.3, 0.4) is 0 Å². The highest BCUT2D eigenvalue weighted by atomic mass is 32.1. The standard InChI is InChI=1S/C18H15F2N5O2S/c1-24-17(27)16-13(7-8-28-16)25-14(22-23-18(24)25)3-2-4-15(26)21-10-5-6-11(19)12(20)9-10/h5-9H,2-4H2,1H3,(H,21,26). The van der Waals surface area contributed by atoms with Gasteiger partial charge in [0.2, 0.25) is 11.7 Å². The number of benzene rings is 1. The Morgan fingerprint density at radius 2 is 2.04 bits per heavy atom. The Kier molecular flexibility index (Phi) is 4.63. The van der Waals surface area contributed by atoms with E-state index >= 15 is 0 Å². The van der Waals surface area contributed by atoms with Gasteiger partial charge in [0.15, 0.2) is 11.6 Å². The fourth-order valence-corrected chi connectivity index (χ4v) is 3.87. The highest BCUT2D eigenvalue weighted by Crippen LogP contribution is 2.20. The summed E-state index contributed by atoms with van der Waals surface area (Å²) in [5.41, 5.74) is 0.823. The van der Waals surface area contributed by atoms with Gasteiger partial charge in [0.1, 0.15) is 10.5 Å². The fourth-order valence-electron chi connectivity index (χ4n) is 3.02. The molecule has 10 heteroatoms. The molecule has 0 aliphatic rings. The molecule has 0 radical (unpaired) electrons. The van der Waals surface area contributed by atoms with E-state index in [1.165, 1.54) is 22.0 Å². The van der Waals surface area contributed by atoms with Crippen molar-refractivity contribution in [1.29, 1.82) is 0 Å². The molecule has 1 aromatic carbocycles. The number of halogens is 2. The Balaban J connectivity index is 1.48. The van der Waals surface area contributed by atoms with Crippen molar-refractivity contribution in [2.75, 3.05) is 5.32 Å². The summed E-state index contributed by atoms with van der Waals surface area (Å²) in [6.07, 6.45) is 1.12. The number of amides is 1. The minimum atomic E-state index is -1.02. The van der Waals surface area contributed by atoms with Crippen molar-refractivity contribution >= 4 is 38.9 Å². The molecule has 4 rings (SSSR count). The molecule has 4 aromatic rings. The third-order valence-electron chi connectivity index (χ3n) is 4.40. The molecule has 7 nitrogen and oxygen atoms in total. The lowest BCUT2D eigenvalue weighted by Gasteiger charge is -2.06. The molecule has 0 fully saturated rings. The van der Waals surface area contributed by atoms with Gasteiger partial charge in [0, 0.05) is 31.6 Å². The lowest BCUT2D eigenvalue weighted by Crippen LogP contribution is -2.19. The number of nitrogens with zero attached hydrogens (tertiary/aromatic N) is 4. The number of fused-ring (bicyclic) bond motifs is 3. The quantitative estimate of drug-likeness (QED) is 0.556. The maximum atomic E-state index is 13.2. The third-order valence-corrected chi connectivity index (χ3v) is 5.30. The molecule has 144 valence electrons. The average Bonchev–Trinajstić information content (AvgIpc) is 3.30. The van der Waals surface area contributed by atoms with Crippen LogP contribution in [0.1, 0.15) is 18.7 Å². The highest BCUT2D eigenvalue weighted by Gasteiger charge is 2.15. The topological polar surface area (TPSA) is 81.3 Å². The second-order valence-corrected chi connectivity index (χ2v) is 7.20. The van der Waals surface area contributed by atoms with Crippen molar-refractivity contribution in [2.24, 2.45) is 7.05 Å². The fraction of sp³-hybridized carbons (Fsp3) is 0.222. The molecule has 28 heavy (non-hydrogen) atoms. The zero-order valence-electron chi connectivity index (χ0n) is 14.8. The van der Waals surface area contributed by atoms with E-state index in [1.807, 2.05) is 15.8 Å². The van der Waals surface area contributed by atoms with E-state index in [-0.39, 0.29) is 23.6 Å². The summed E-state index contributed by atoms with van der Waals surface area (Å²) in [5, 5.41) is 12.6. The van der Waals surface area contributed by atoms with Crippen molar-refractivity contribution in [3.63, 3.8) is 0 Å². The smallest absolute Gasteiger partial charge is 0.272 e. The normalized spacial score (nSPS) is 11.4. The van der Waals surface area contributed by atoms with Crippen LogP contribution in [0.5, 0.6) is 0 Å². The summed E-state index contributed by atoms with van der Waals surface area (Å²) < 4.78 is 30.0. The van der Waals surface area contributed by atoms with Crippen LogP contribution in [0, 0.1) is 11.6 Å². The van der Waals surface area contributed by atoms with E-state index in [1.54, 1.807) is 7.05 Å².